The highest BCUT2D eigenvalue weighted by molar-refractivity contribution is 7.99. The van der Waals surface area contributed by atoms with Crippen LogP contribution in [0.5, 0.6) is 11.5 Å². The molecule has 1 amide bonds. The molecule has 4 rings (SSSR count). The van der Waals surface area contributed by atoms with Crippen molar-refractivity contribution >= 4 is 17.7 Å². The van der Waals surface area contributed by atoms with Gasteiger partial charge in [0.25, 0.3) is 0 Å². The van der Waals surface area contributed by atoms with Crippen LogP contribution in [-0.2, 0) is 4.79 Å². The van der Waals surface area contributed by atoms with Gasteiger partial charge in [0.15, 0.2) is 16.7 Å². The van der Waals surface area contributed by atoms with E-state index in [2.05, 4.69) is 15.5 Å². The minimum absolute atomic E-state index is 0.0925. The topological polar surface area (TPSA) is 78.3 Å². The minimum Gasteiger partial charge on any atom is -0.486 e. The molecule has 138 valence electrons. The van der Waals surface area contributed by atoms with E-state index < -0.39 is 0 Å². The SMILES string of the molecule is O=C(CSc1nncn1-c1ccccc1)NCC1COc2ccccc2O1. The van der Waals surface area contributed by atoms with Crippen LogP contribution >= 0.6 is 11.8 Å². The maximum absolute atomic E-state index is 12.2. The third-order valence-electron chi connectivity index (χ3n) is 3.98. The van der Waals surface area contributed by atoms with Gasteiger partial charge >= 0.3 is 0 Å². The van der Waals surface area contributed by atoms with Gasteiger partial charge in [-0.2, -0.15) is 0 Å². The summed E-state index contributed by atoms with van der Waals surface area (Å²) in [5.41, 5.74) is 0.955. The fourth-order valence-electron chi connectivity index (χ4n) is 2.66. The Kier molecular flexibility index (Phi) is 5.24. The third-order valence-corrected chi connectivity index (χ3v) is 4.92. The van der Waals surface area contributed by atoms with Crippen LogP contribution < -0.4 is 14.8 Å². The van der Waals surface area contributed by atoms with Gasteiger partial charge in [-0.15, -0.1) is 10.2 Å². The van der Waals surface area contributed by atoms with Gasteiger partial charge in [-0.25, -0.2) is 0 Å². The second-order valence-corrected chi connectivity index (χ2v) is 6.85. The highest BCUT2D eigenvalue weighted by Crippen LogP contribution is 2.30. The van der Waals surface area contributed by atoms with E-state index in [0.29, 0.717) is 24.1 Å². The molecule has 0 bridgehead atoms. The van der Waals surface area contributed by atoms with Crippen LogP contribution in [0, 0.1) is 0 Å². The molecule has 1 N–H and O–H groups in total. The predicted molar refractivity (Wildman–Crippen MR) is 101 cm³/mol. The lowest BCUT2D eigenvalue weighted by molar-refractivity contribution is -0.119. The van der Waals surface area contributed by atoms with Crippen LogP contribution in [0.4, 0.5) is 0 Å². The van der Waals surface area contributed by atoms with Crippen molar-refractivity contribution in [3.63, 3.8) is 0 Å². The van der Waals surface area contributed by atoms with Crippen molar-refractivity contribution in [3.05, 3.63) is 60.9 Å². The molecule has 7 nitrogen and oxygen atoms in total. The van der Waals surface area contributed by atoms with E-state index in [4.69, 9.17) is 9.47 Å². The molecule has 0 saturated heterocycles. The first-order valence-electron chi connectivity index (χ1n) is 8.53. The molecule has 3 aromatic rings. The monoisotopic (exact) mass is 382 g/mol. The van der Waals surface area contributed by atoms with Crippen molar-refractivity contribution < 1.29 is 14.3 Å². The number of hydrogen-bond donors (Lipinski definition) is 1. The number of amides is 1. The summed E-state index contributed by atoms with van der Waals surface area (Å²) in [7, 11) is 0. The Labute approximate surface area is 160 Å². The Bertz CT molecular complexity index is 916. The van der Waals surface area contributed by atoms with Gasteiger partial charge in [0.1, 0.15) is 19.0 Å². The molecule has 2 heterocycles. The van der Waals surface area contributed by atoms with E-state index in [0.717, 1.165) is 11.4 Å². The number of ether oxygens (including phenoxy) is 2. The number of para-hydroxylation sites is 3. The zero-order chi connectivity index (χ0) is 18.5. The molecule has 0 saturated carbocycles. The molecule has 0 spiro atoms. The van der Waals surface area contributed by atoms with Crippen molar-refractivity contribution in [3.8, 4) is 17.2 Å². The van der Waals surface area contributed by atoms with Crippen molar-refractivity contribution in [2.24, 2.45) is 0 Å². The zero-order valence-electron chi connectivity index (χ0n) is 14.4. The average molecular weight is 382 g/mol. The van der Waals surface area contributed by atoms with Gasteiger partial charge in [-0.05, 0) is 24.3 Å². The number of carbonyl (C=O) groups is 1. The molecule has 0 radical (unpaired) electrons. The maximum Gasteiger partial charge on any atom is 0.230 e. The van der Waals surface area contributed by atoms with E-state index in [1.807, 2.05) is 59.2 Å². The van der Waals surface area contributed by atoms with Gasteiger partial charge in [0.05, 0.1) is 12.3 Å². The molecule has 0 aliphatic carbocycles. The number of hydrogen-bond acceptors (Lipinski definition) is 6. The quantitative estimate of drug-likeness (QED) is 0.659. The van der Waals surface area contributed by atoms with E-state index >= 15 is 0 Å². The summed E-state index contributed by atoms with van der Waals surface area (Å²) < 4.78 is 13.3. The standard InChI is InChI=1S/C19H18N4O3S/c24-18(20-10-15-11-25-16-8-4-5-9-17(16)26-15)12-27-19-22-21-13-23(19)14-6-2-1-3-7-14/h1-9,13,15H,10-12H2,(H,20,24). The summed E-state index contributed by atoms with van der Waals surface area (Å²) in [5.74, 6) is 1.59. The van der Waals surface area contributed by atoms with Crippen LogP contribution in [0.3, 0.4) is 0 Å². The summed E-state index contributed by atoms with van der Waals surface area (Å²) in [6.07, 6.45) is 1.43. The Morgan fingerprint density at radius 1 is 1.15 bits per heavy atom. The number of fused-ring (bicyclic) bond motifs is 1. The van der Waals surface area contributed by atoms with Crippen LogP contribution in [-0.4, -0.2) is 45.7 Å². The Morgan fingerprint density at radius 2 is 1.93 bits per heavy atom. The molecular formula is C19H18N4O3S. The summed E-state index contributed by atoms with van der Waals surface area (Å²) in [5, 5.41) is 11.6. The molecule has 27 heavy (non-hydrogen) atoms. The molecular weight excluding hydrogens is 364 g/mol. The first-order chi connectivity index (χ1) is 13.3. The Balaban J connectivity index is 1.27. The Morgan fingerprint density at radius 3 is 2.78 bits per heavy atom. The fraction of sp³-hybridized carbons (Fsp3) is 0.211. The van der Waals surface area contributed by atoms with Crippen molar-refractivity contribution in [2.75, 3.05) is 18.9 Å². The lowest BCUT2D eigenvalue weighted by Crippen LogP contribution is -2.41. The number of rotatable bonds is 6. The van der Waals surface area contributed by atoms with Gasteiger partial charge < -0.3 is 14.8 Å². The zero-order valence-corrected chi connectivity index (χ0v) is 15.3. The number of nitrogens with one attached hydrogen (secondary N) is 1. The first-order valence-corrected chi connectivity index (χ1v) is 9.51. The highest BCUT2D eigenvalue weighted by atomic mass is 32.2. The second-order valence-electron chi connectivity index (χ2n) is 5.91. The number of nitrogens with zero attached hydrogens (tertiary/aromatic N) is 3. The van der Waals surface area contributed by atoms with Gasteiger partial charge in [0, 0.05) is 5.69 Å². The number of aromatic nitrogens is 3. The molecule has 2 aromatic carbocycles. The molecule has 1 aliphatic heterocycles. The van der Waals surface area contributed by atoms with Crippen molar-refractivity contribution in [2.45, 2.75) is 11.3 Å². The maximum atomic E-state index is 12.2. The second kappa shape index (κ2) is 8.13. The fourth-order valence-corrected chi connectivity index (χ4v) is 3.42. The van der Waals surface area contributed by atoms with Crippen LogP contribution in [0.1, 0.15) is 0 Å². The molecule has 1 unspecified atom stereocenters. The van der Waals surface area contributed by atoms with Gasteiger partial charge in [-0.1, -0.05) is 42.1 Å². The molecule has 0 fully saturated rings. The van der Waals surface area contributed by atoms with Crippen molar-refractivity contribution in [1.29, 1.82) is 0 Å². The largest absolute Gasteiger partial charge is 0.486 e. The average Bonchev–Trinajstić information content (AvgIpc) is 3.20. The van der Waals surface area contributed by atoms with E-state index in [-0.39, 0.29) is 17.8 Å². The number of carbonyl (C=O) groups excluding carboxylic acids is 1. The summed E-state index contributed by atoms with van der Waals surface area (Å²) in [6, 6.07) is 17.3. The highest BCUT2D eigenvalue weighted by Gasteiger charge is 2.21. The van der Waals surface area contributed by atoms with E-state index in [1.165, 1.54) is 11.8 Å². The molecule has 1 aromatic heterocycles. The van der Waals surface area contributed by atoms with Gasteiger partial charge in [-0.3, -0.25) is 9.36 Å². The summed E-state index contributed by atoms with van der Waals surface area (Å²) in [4.78, 5) is 12.2. The lowest BCUT2D eigenvalue weighted by Gasteiger charge is -2.26. The summed E-state index contributed by atoms with van der Waals surface area (Å²) in [6.45, 7) is 0.797. The number of thioether (sulfide) groups is 1. The molecule has 8 heteroatoms. The third kappa shape index (κ3) is 4.22. The van der Waals surface area contributed by atoms with E-state index in [1.54, 1.807) is 6.33 Å². The Hall–Kier alpha value is -3.00. The smallest absolute Gasteiger partial charge is 0.230 e. The summed E-state index contributed by atoms with van der Waals surface area (Å²) >= 11 is 1.34. The first kappa shape index (κ1) is 17.4. The van der Waals surface area contributed by atoms with Crippen molar-refractivity contribution in [1.82, 2.24) is 20.1 Å². The van der Waals surface area contributed by atoms with Crippen LogP contribution in [0.25, 0.3) is 5.69 Å². The lowest BCUT2D eigenvalue weighted by atomic mass is 10.2. The minimum atomic E-state index is -0.207. The van der Waals surface area contributed by atoms with Gasteiger partial charge in [0.2, 0.25) is 5.91 Å². The molecule has 1 atom stereocenters. The number of benzene rings is 2. The normalized spacial score (nSPS) is 15.3. The van der Waals surface area contributed by atoms with Crippen LogP contribution in [0.15, 0.2) is 66.1 Å². The molecule has 1 aliphatic rings. The predicted octanol–water partition coefficient (Wildman–Crippen LogP) is 2.32. The van der Waals surface area contributed by atoms with E-state index in [9.17, 15) is 4.79 Å². The van der Waals surface area contributed by atoms with Crippen LogP contribution in [0.2, 0.25) is 0 Å².